The fourth-order valence-electron chi connectivity index (χ4n) is 0.848. The maximum absolute atomic E-state index is 11.0. The molecule has 0 aliphatic heterocycles. The first kappa shape index (κ1) is 18.2. The minimum atomic E-state index is -3.31. The van der Waals surface area contributed by atoms with Gasteiger partial charge < -0.3 is 4.74 Å². The molecule has 0 heterocycles. The summed E-state index contributed by atoms with van der Waals surface area (Å²) < 4.78 is 32.0. The second-order valence-electron chi connectivity index (χ2n) is 3.55. The van der Waals surface area contributed by atoms with Crippen molar-refractivity contribution >= 4 is 39.7 Å². The zero-order valence-electron chi connectivity index (χ0n) is 9.15. The SMILES string of the molecule is CCCS(=O)(=O)OCCOCC(C)C.[NaH]. The van der Waals surface area contributed by atoms with Crippen molar-refractivity contribution in [1.82, 2.24) is 0 Å². The van der Waals surface area contributed by atoms with Gasteiger partial charge in [0, 0.05) is 6.61 Å². The van der Waals surface area contributed by atoms with Crippen molar-refractivity contribution in [3.8, 4) is 0 Å². The summed E-state index contributed by atoms with van der Waals surface area (Å²) in [5, 5.41) is 0. The summed E-state index contributed by atoms with van der Waals surface area (Å²) in [4.78, 5) is 0. The molecule has 0 aromatic carbocycles. The fourth-order valence-corrected chi connectivity index (χ4v) is 1.79. The van der Waals surface area contributed by atoms with Gasteiger partial charge in [0.2, 0.25) is 0 Å². The Morgan fingerprint density at radius 1 is 1.20 bits per heavy atom. The van der Waals surface area contributed by atoms with Crippen molar-refractivity contribution in [3.63, 3.8) is 0 Å². The molecule has 4 nitrogen and oxygen atoms in total. The molecule has 0 rings (SSSR count). The van der Waals surface area contributed by atoms with Gasteiger partial charge in [-0.25, -0.2) is 0 Å². The van der Waals surface area contributed by atoms with Gasteiger partial charge in [-0.1, -0.05) is 20.8 Å². The van der Waals surface area contributed by atoms with Crippen LogP contribution >= 0.6 is 0 Å². The zero-order valence-corrected chi connectivity index (χ0v) is 9.97. The van der Waals surface area contributed by atoms with Crippen molar-refractivity contribution in [1.29, 1.82) is 0 Å². The van der Waals surface area contributed by atoms with Gasteiger partial charge >= 0.3 is 29.6 Å². The molecule has 0 aromatic rings. The van der Waals surface area contributed by atoms with Crippen LogP contribution in [-0.2, 0) is 19.0 Å². The molecule has 0 atom stereocenters. The van der Waals surface area contributed by atoms with E-state index >= 15 is 0 Å². The molecule has 0 amide bonds. The third kappa shape index (κ3) is 12.8. The number of hydrogen-bond acceptors (Lipinski definition) is 4. The van der Waals surface area contributed by atoms with Crippen LogP contribution in [0.5, 0.6) is 0 Å². The van der Waals surface area contributed by atoms with Gasteiger partial charge in [-0.05, 0) is 12.3 Å². The quantitative estimate of drug-likeness (QED) is 0.362. The number of hydrogen-bond donors (Lipinski definition) is 0. The Morgan fingerprint density at radius 2 is 1.80 bits per heavy atom. The van der Waals surface area contributed by atoms with Crippen LogP contribution in [0.4, 0.5) is 0 Å². The molecule has 15 heavy (non-hydrogen) atoms. The number of rotatable bonds is 8. The Labute approximate surface area is 115 Å². The molecular weight excluding hydrogens is 227 g/mol. The van der Waals surface area contributed by atoms with E-state index < -0.39 is 10.1 Å². The van der Waals surface area contributed by atoms with E-state index in [1.165, 1.54) is 0 Å². The summed E-state index contributed by atoms with van der Waals surface area (Å²) in [5.74, 6) is 0.541. The van der Waals surface area contributed by atoms with E-state index in [1.807, 2.05) is 13.8 Å². The normalized spacial score (nSPS) is 11.5. The zero-order chi connectivity index (χ0) is 11.0. The van der Waals surface area contributed by atoms with Crippen LogP contribution in [-0.4, -0.2) is 63.5 Å². The van der Waals surface area contributed by atoms with Gasteiger partial charge in [-0.15, -0.1) is 0 Å². The van der Waals surface area contributed by atoms with Crippen LogP contribution in [0.2, 0.25) is 0 Å². The maximum atomic E-state index is 11.0. The first-order valence-corrected chi connectivity index (χ1v) is 6.50. The summed E-state index contributed by atoms with van der Waals surface area (Å²) in [7, 11) is -3.31. The first-order valence-electron chi connectivity index (χ1n) is 4.92. The summed E-state index contributed by atoms with van der Waals surface area (Å²) in [6, 6.07) is 0. The molecule has 0 saturated carbocycles. The minimum absolute atomic E-state index is 0. The van der Waals surface area contributed by atoms with Crippen LogP contribution in [0.1, 0.15) is 27.2 Å². The first-order chi connectivity index (χ1) is 6.48. The molecule has 0 unspecified atom stereocenters. The molecule has 0 aromatic heterocycles. The second-order valence-corrected chi connectivity index (χ2v) is 5.31. The average molecular weight is 248 g/mol. The molecule has 0 fully saturated rings. The Bertz CT molecular complexity index is 226. The molecule has 6 heteroatoms. The van der Waals surface area contributed by atoms with E-state index in [2.05, 4.69) is 0 Å². The van der Waals surface area contributed by atoms with Gasteiger partial charge in [-0.3, -0.25) is 4.18 Å². The summed E-state index contributed by atoms with van der Waals surface area (Å²) >= 11 is 0. The monoisotopic (exact) mass is 248 g/mol. The molecule has 0 aliphatic rings. The van der Waals surface area contributed by atoms with Crippen LogP contribution in [0.25, 0.3) is 0 Å². The van der Waals surface area contributed by atoms with Gasteiger partial charge in [0.15, 0.2) is 0 Å². The van der Waals surface area contributed by atoms with Crippen molar-refractivity contribution < 1.29 is 17.3 Å². The van der Waals surface area contributed by atoms with Crippen LogP contribution in [0.15, 0.2) is 0 Å². The van der Waals surface area contributed by atoms with E-state index in [0.29, 0.717) is 25.6 Å². The predicted octanol–water partition coefficient (Wildman–Crippen LogP) is 0.767. The van der Waals surface area contributed by atoms with Gasteiger partial charge in [-0.2, -0.15) is 8.42 Å². The van der Waals surface area contributed by atoms with Crippen molar-refractivity contribution in [2.45, 2.75) is 27.2 Å². The summed E-state index contributed by atoms with van der Waals surface area (Å²) in [6.45, 7) is 6.97. The summed E-state index contributed by atoms with van der Waals surface area (Å²) in [5.41, 5.74) is 0. The van der Waals surface area contributed by atoms with Crippen molar-refractivity contribution in [2.75, 3.05) is 25.6 Å². The Kier molecular flexibility index (Phi) is 12.2. The van der Waals surface area contributed by atoms with E-state index in [9.17, 15) is 8.42 Å². The van der Waals surface area contributed by atoms with Crippen molar-refractivity contribution in [2.24, 2.45) is 5.92 Å². The van der Waals surface area contributed by atoms with Gasteiger partial charge in [0.05, 0.1) is 19.0 Å². The van der Waals surface area contributed by atoms with E-state index in [-0.39, 0.29) is 41.9 Å². The molecule has 0 bridgehead atoms. The van der Waals surface area contributed by atoms with E-state index in [1.54, 1.807) is 6.92 Å². The summed E-state index contributed by atoms with van der Waals surface area (Å²) in [6.07, 6.45) is 0.579. The van der Waals surface area contributed by atoms with E-state index in [0.717, 1.165) is 0 Å². The fraction of sp³-hybridized carbons (Fsp3) is 1.00. The van der Waals surface area contributed by atoms with Crippen molar-refractivity contribution in [3.05, 3.63) is 0 Å². The number of ether oxygens (including phenoxy) is 1. The Hall–Kier alpha value is 0.870. The van der Waals surface area contributed by atoms with Crippen LogP contribution in [0, 0.1) is 5.92 Å². The van der Waals surface area contributed by atoms with Crippen LogP contribution in [0.3, 0.4) is 0 Å². The molecule has 0 spiro atoms. The Morgan fingerprint density at radius 3 is 2.27 bits per heavy atom. The van der Waals surface area contributed by atoms with E-state index in [4.69, 9.17) is 8.92 Å². The van der Waals surface area contributed by atoms with Gasteiger partial charge in [0.1, 0.15) is 0 Å². The standard InChI is InChI=1S/C9H20O4S.Na.H/c1-4-7-14(10,11)13-6-5-12-8-9(2)3;;/h9H,4-8H2,1-3H3;;. The topological polar surface area (TPSA) is 52.6 Å². The molecular formula is C9H21NaO4S. The van der Waals surface area contributed by atoms with Gasteiger partial charge in [0.25, 0.3) is 10.1 Å². The third-order valence-corrected chi connectivity index (χ3v) is 2.83. The molecule has 0 N–H and O–H groups in total. The van der Waals surface area contributed by atoms with Crippen LogP contribution < -0.4 is 0 Å². The molecule has 88 valence electrons. The second kappa shape index (κ2) is 10.1. The third-order valence-electron chi connectivity index (χ3n) is 1.40. The molecule has 0 aliphatic carbocycles. The Balaban J connectivity index is 0. The molecule has 0 saturated heterocycles. The molecule has 0 radical (unpaired) electrons. The average Bonchev–Trinajstić information content (AvgIpc) is 2.02. The predicted molar refractivity (Wildman–Crippen MR) is 62.8 cm³/mol.